The number of allylic oxidation sites excluding steroid dienone is 1. The molecule has 6 rings (SSSR count). The fourth-order valence-electron chi connectivity index (χ4n) is 7.69. The predicted molar refractivity (Wildman–Crippen MR) is 218 cm³/mol. The van der Waals surface area contributed by atoms with Crippen LogP contribution in [0.3, 0.4) is 0 Å². The second kappa shape index (κ2) is 11.9. The van der Waals surface area contributed by atoms with E-state index in [-0.39, 0.29) is 14.5 Å². The van der Waals surface area contributed by atoms with Gasteiger partial charge in [-0.15, -0.1) is 0 Å². The van der Waals surface area contributed by atoms with E-state index in [1.807, 2.05) is 0 Å². The summed E-state index contributed by atoms with van der Waals surface area (Å²) in [7, 11) is 12.3. The Labute approximate surface area is 300 Å². The Morgan fingerprint density at radius 2 is 1.28 bits per heavy atom. The molecule has 4 aromatic carbocycles. The van der Waals surface area contributed by atoms with Crippen molar-refractivity contribution < 1.29 is 17.9 Å². The van der Waals surface area contributed by atoms with Gasteiger partial charge in [-0.05, 0) is 0 Å². The van der Waals surface area contributed by atoms with Crippen LogP contribution in [0.25, 0.3) is 28.3 Å². The van der Waals surface area contributed by atoms with Gasteiger partial charge in [0.05, 0.1) is 0 Å². The predicted octanol–water partition coefficient (Wildman–Crippen LogP) is 9.11. The third-order valence-electron chi connectivity index (χ3n) is 10.4. The molecule has 0 spiro atoms. The molecule has 47 heavy (non-hydrogen) atoms. The van der Waals surface area contributed by atoms with Gasteiger partial charge in [0.15, 0.2) is 0 Å². The van der Waals surface area contributed by atoms with Gasteiger partial charge in [-0.1, -0.05) is 0 Å². The third-order valence-corrected chi connectivity index (χ3v) is 28.6. The number of halogens is 2. The first-order valence-corrected chi connectivity index (χ1v) is 34.6. The monoisotopic (exact) mass is 788 g/mol. The summed E-state index contributed by atoms with van der Waals surface area (Å²) in [5.74, 6) is 0. The molecule has 0 fully saturated rings. The quantitative estimate of drug-likeness (QED) is 0.156. The van der Waals surface area contributed by atoms with Crippen molar-refractivity contribution in [3.05, 3.63) is 95.1 Å². The van der Waals surface area contributed by atoms with E-state index >= 15 is 0 Å². The summed E-state index contributed by atoms with van der Waals surface area (Å²) in [5.41, 5.74) is 11.0. The van der Waals surface area contributed by atoms with Gasteiger partial charge in [0.25, 0.3) is 0 Å². The van der Waals surface area contributed by atoms with Gasteiger partial charge in [0.2, 0.25) is 0 Å². The Morgan fingerprint density at radius 1 is 0.681 bits per heavy atom. The number of hydrogen-bond donors (Lipinski definition) is 0. The summed E-state index contributed by atoms with van der Waals surface area (Å²) in [6.07, 6.45) is 2.53. The average Bonchev–Trinajstić information content (AvgIpc) is 3.54. The average molecular weight is 791 g/mol. The van der Waals surface area contributed by atoms with E-state index in [0.717, 1.165) is 0 Å². The Morgan fingerprint density at radius 3 is 1.85 bits per heavy atom. The van der Waals surface area contributed by atoms with Crippen LogP contribution in [0.2, 0.25) is 39.3 Å². The van der Waals surface area contributed by atoms with Gasteiger partial charge in [-0.3, -0.25) is 0 Å². The Hall–Kier alpha value is -1.27. The number of rotatable bonds is 5. The van der Waals surface area contributed by atoms with Crippen molar-refractivity contribution in [1.82, 2.24) is 0 Å². The van der Waals surface area contributed by atoms with Crippen LogP contribution in [0, 0.1) is 5.41 Å². The summed E-state index contributed by atoms with van der Waals surface area (Å²) in [4.78, 5) is 0. The molecule has 246 valence electrons. The second-order valence-electron chi connectivity index (χ2n) is 18.1. The molecule has 1 heterocycles. The molecule has 4 aromatic rings. The summed E-state index contributed by atoms with van der Waals surface area (Å²) in [6, 6.07) is 28.2. The second-order valence-corrected chi connectivity index (χ2v) is 44.1. The molecule has 1 atom stereocenters. The molecule has 0 bridgehead atoms. The SMILES string of the molecule is CC(C)(C)C1=Cc2c(ccc(C(C)(C)C)c2-c2cc([Si](C)(C)C)cc([Si](C)(C)C)c2)[CH]1[Zr]([Cl])([Cl])[c]1cccc2c1[SiH2]c1ccccc1-2. The molecule has 6 heteroatoms. The van der Waals surface area contributed by atoms with Crippen molar-refractivity contribution in [3.8, 4) is 22.3 Å². The molecular weight excluding hydrogens is 739 g/mol. The summed E-state index contributed by atoms with van der Waals surface area (Å²) in [5, 5.41) is 6.10. The number of hydrogen-bond acceptors (Lipinski definition) is 0. The van der Waals surface area contributed by atoms with E-state index in [0.29, 0.717) is 0 Å². The van der Waals surface area contributed by atoms with E-state index in [4.69, 9.17) is 17.0 Å². The molecule has 1 aliphatic heterocycles. The first-order valence-electron chi connectivity index (χ1n) is 17.2. The maximum atomic E-state index is 8.09. The Kier molecular flexibility index (Phi) is 9.02. The van der Waals surface area contributed by atoms with Gasteiger partial charge < -0.3 is 0 Å². The van der Waals surface area contributed by atoms with Crippen LogP contribution in [-0.4, -0.2) is 25.7 Å². The summed E-state index contributed by atoms with van der Waals surface area (Å²) < 4.78 is 1.36. The summed E-state index contributed by atoms with van der Waals surface area (Å²) >= 11 is -4.13. The minimum absolute atomic E-state index is 0.0212. The topological polar surface area (TPSA) is 0 Å². The number of benzene rings is 4. The van der Waals surface area contributed by atoms with Crippen molar-refractivity contribution in [3.63, 3.8) is 0 Å². The molecule has 1 aliphatic carbocycles. The molecule has 0 aromatic heterocycles. The molecule has 0 N–H and O–H groups in total. The first kappa shape index (κ1) is 35.6. The maximum absolute atomic E-state index is 8.09. The molecule has 2 aliphatic rings. The van der Waals surface area contributed by atoms with Gasteiger partial charge in [0, 0.05) is 0 Å². The fourth-order valence-corrected chi connectivity index (χ4v) is 27.3. The Balaban J connectivity index is 1.64. The van der Waals surface area contributed by atoms with E-state index in [1.165, 1.54) is 58.2 Å². The van der Waals surface area contributed by atoms with E-state index in [1.54, 1.807) is 10.4 Å². The van der Waals surface area contributed by atoms with Gasteiger partial charge >= 0.3 is 303 Å². The molecule has 0 amide bonds. The third kappa shape index (κ3) is 6.43. The van der Waals surface area contributed by atoms with Gasteiger partial charge in [-0.2, -0.15) is 0 Å². The van der Waals surface area contributed by atoms with Crippen molar-refractivity contribution in [2.45, 2.75) is 89.9 Å². The molecule has 0 saturated carbocycles. The zero-order chi connectivity index (χ0) is 34.5. The van der Waals surface area contributed by atoms with Crippen molar-refractivity contribution in [2.75, 3.05) is 0 Å². The van der Waals surface area contributed by atoms with Crippen molar-refractivity contribution in [1.29, 1.82) is 0 Å². The van der Waals surface area contributed by atoms with Crippen LogP contribution >= 0.6 is 17.0 Å². The standard InChI is InChI=1S/C29H43Si2.C12H9Si.2ClH.Zr/c1-28(2,3)22-15-20-13-14-26(29(4,5)6)27(25(20)18-22)21-16-23(30(7,8)9)19-24(17-21)31(10,11)12;1-3-7-11-9(5-1)10-6-2-4-8-12(10)13-11;;;/h13-19H,1-12H3;1-7H,13H2;2*1H;/q;;;;+2/p-2. The van der Waals surface area contributed by atoms with Gasteiger partial charge in [-0.25, -0.2) is 0 Å². The summed E-state index contributed by atoms with van der Waals surface area (Å²) in [6.45, 7) is 29.1. The van der Waals surface area contributed by atoms with Crippen LogP contribution in [0.5, 0.6) is 0 Å². The first-order chi connectivity index (χ1) is 21.6. The van der Waals surface area contributed by atoms with Crippen LogP contribution in [0.1, 0.15) is 61.9 Å². The van der Waals surface area contributed by atoms with Crippen LogP contribution in [0.15, 0.2) is 78.4 Å². The van der Waals surface area contributed by atoms with Crippen molar-refractivity contribution in [2.24, 2.45) is 5.41 Å². The van der Waals surface area contributed by atoms with E-state index in [9.17, 15) is 0 Å². The fraction of sp³-hybridized carbons (Fsp3) is 0.366. The zero-order valence-corrected chi connectivity index (χ0v) is 37.9. The molecule has 0 saturated heterocycles. The van der Waals surface area contributed by atoms with E-state index < -0.39 is 43.5 Å². The normalized spacial score (nSPS) is 17.1. The molecular formula is C41H52Cl2Si3Zr. The molecule has 1 unspecified atom stereocenters. The molecule has 0 radical (unpaired) electrons. The Bertz CT molecular complexity index is 1900. The number of fused-ring (bicyclic) bond motifs is 4. The van der Waals surface area contributed by atoms with Crippen molar-refractivity contribution >= 4 is 72.8 Å². The zero-order valence-electron chi connectivity index (χ0n) is 30.5. The van der Waals surface area contributed by atoms with Crippen LogP contribution in [-0.2, 0) is 23.3 Å². The van der Waals surface area contributed by atoms with Gasteiger partial charge in [0.1, 0.15) is 0 Å². The van der Waals surface area contributed by atoms with E-state index in [2.05, 4.69) is 160 Å². The van der Waals surface area contributed by atoms with Crippen LogP contribution in [0.4, 0.5) is 0 Å². The molecule has 0 nitrogen and oxygen atoms in total. The van der Waals surface area contributed by atoms with Crippen LogP contribution < -0.4 is 24.0 Å². The minimum atomic E-state index is -4.13.